The van der Waals surface area contributed by atoms with Gasteiger partial charge in [-0.05, 0) is 43.2 Å². The number of hydrogen-bond acceptors (Lipinski definition) is 4. The zero-order valence-corrected chi connectivity index (χ0v) is 11.9. The normalized spacial score (nSPS) is 24.8. The summed E-state index contributed by atoms with van der Waals surface area (Å²) in [5.41, 5.74) is 2.65. The van der Waals surface area contributed by atoms with Crippen LogP contribution in [0.25, 0.3) is 11.0 Å². The molecule has 106 valence electrons. The van der Waals surface area contributed by atoms with E-state index in [0.29, 0.717) is 11.5 Å². The van der Waals surface area contributed by atoms with Gasteiger partial charge < -0.3 is 15.6 Å². The first-order chi connectivity index (χ1) is 9.76. The van der Waals surface area contributed by atoms with Gasteiger partial charge >= 0.3 is 0 Å². The fourth-order valence-corrected chi connectivity index (χ4v) is 3.17. The zero-order valence-electron chi connectivity index (χ0n) is 11.9. The van der Waals surface area contributed by atoms with Crippen molar-refractivity contribution in [2.45, 2.75) is 44.1 Å². The Balaban J connectivity index is 1.72. The van der Waals surface area contributed by atoms with Gasteiger partial charge in [-0.25, -0.2) is 9.97 Å². The van der Waals surface area contributed by atoms with Crippen molar-refractivity contribution in [3.63, 3.8) is 0 Å². The highest BCUT2D eigenvalue weighted by Crippen LogP contribution is 2.50. The van der Waals surface area contributed by atoms with Crippen molar-refractivity contribution in [3.05, 3.63) is 18.1 Å². The van der Waals surface area contributed by atoms with E-state index in [2.05, 4.69) is 38.7 Å². The van der Waals surface area contributed by atoms with E-state index in [9.17, 15) is 0 Å². The van der Waals surface area contributed by atoms with Crippen LogP contribution >= 0.6 is 0 Å². The van der Waals surface area contributed by atoms with Crippen LogP contribution in [0.4, 0.5) is 5.82 Å². The number of anilines is 1. The second-order valence-electron chi connectivity index (χ2n) is 6.40. The Kier molecular flexibility index (Phi) is 2.70. The molecule has 4 rings (SSSR count). The summed E-state index contributed by atoms with van der Waals surface area (Å²) in [6, 6.07) is 0.469. The first kappa shape index (κ1) is 12.1. The third kappa shape index (κ3) is 1.97. The number of aromatic nitrogens is 3. The lowest BCUT2D eigenvalue weighted by Gasteiger charge is -2.24. The van der Waals surface area contributed by atoms with Gasteiger partial charge in [-0.1, -0.05) is 6.92 Å². The molecular weight excluding hydrogens is 250 g/mol. The molecule has 1 atom stereocenters. The summed E-state index contributed by atoms with van der Waals surface area (Å²) >= 11 is 0. The molecule has 0 amide bonds. The van der Waals surface area contributed by atoms with Gasteiger partial charge in [0.05, 0.1) is 5.39 Å². The molecule has 1 saturated heterocycles. The number of fused-ring (bicyclic) bond motifs is 1. The monoisotopic (exact) mass is 271 g/mol. The Hall–Kier alpha value is -1.62. The van der Waals surface area contributed by atoms with Crippen LogP contribution in [0.2, 0.25) is 0 Å². The number of piperidine rings is 1. The molecule has 2 aromatic heterocycles. The minimum absolute atomic E-state index is 0.324. The maximum Gasteiger partial charge on any atom is 0.143 e. The number of rotatable bonds is 3. The first-order valence-electron chi connectivity index (χ1n) is 7.56. The number of aromatic amines is 1. The van der Waals surface area contributed by atoms with Crippen LogP contribution in [0.15, 0.2) is 12.5 Å². The highest BCUT2D eigenvalue weighted by atomic mass is 15.1. The van der Waals surface area contributed by atoms with E-state index in [4.69, 9.17) is 0 Å². The molecule has 1 saturated carbocycles. The number of nitrogens with zero attached hydrogens (tertiary/aromatic N) is 2. The maximum absolute atomic E-state index is 4.51. The first-order valence-corrected chi connectivity index (χ1v) is 7.56. The van der Waals surface area contributed by atoms with Crippen molar-refractivity contribution < 1.29 is 0 Å². The lowest BCUT2D eigenvalue weighted by Crippen LogP contribution is -2.38. The Bertz CT molecular complexity index is 622. The molecule has 3 N–H and O–H groups in total. The lowest BCUT2D eigenvalue weighted by molar-refractivity contribution is 0.479. The number of H-pyrrole nitrogens is 1. The second-order valence-corrected chi connectivity index (χ2v) is 6.40. The van der Waals surface area contributed by atoms with Crippen LogP contribution in [0.1, 0.15) is 38.2 Å². The molecule has 2 aliphatic rings. The molecular formula is C15H21N5. The van der Waals surface area contributed by atoms with E-state index < -0.39 is 0 Å². The van der Waals surface area contributed by atoms with Crippen molar-refractivity contribution in [2.75, 3.05) is 18.4 Å². The lowest BCUT2D eigenvalue weighted by atomic mass is 9.98. The summed E-state index contributed by atoms with van der Waals surface area (Å²) in [6.07, 6.45) is 8.73. The molecule has 1 aliphatic heterocycles. The summed E-state index contributed by atoms with van der Waals surface area (Å²) < 4.78 is 0. The van der Waals surface area contributed by atoms with Gasteiger partial charge in [-0.15, -0.1) is 0 Å². The van der Waals surface area contributed by atoms with Gasteiger partial charge in [0.25, 0.3) is 0 Å². The van der Waals surface area contributed by atoms with Gasteiger partial charge in [0.1, 0.15) is 17.8 Å². The summed E-state index contributed by atoms with van der Waals surface area (Å²) in [6.45, 7) is 4.47. The van der Waals surface area contributed by atoms with Crippen molar-refractivity contribution in [3.8, 4) is 0 Å². The van der Waals surface area contributed by atoms with Crippen molar-refractivity contribution >= 4 is 16.9 Å². The van der Waals surface area contributed by atoms with Gasteiger partial charge in [-0.2, -0.15) is 0 Å². The van der Waals surface area contributed by atoms with Crippen LogP contribution in [-0.4, -0.2) is 34.1 Å². The predicted molar refractivity (Wildman–Crippen MR) is 80.0 cm³/mol. The van der Waals surface area contributed by atoms with E-state index in [1.165, 1.54) is 36.6 Å². The number of nitrogens with one attached hydrogen (secondary N) is 3. The molecule has 0 unspecified atom stereocenters. The summed E-state index contributed by atoms with van der Waals surface area (Å²) in [5, 5.41) is 8.25. The quantitative estimate of drug-likeness (QED) is 0.800. The van der Waals surface area contributed by atoms with Crippen molar-refractivity contribution in [1.82, 2.24) is 20.3 Å². The van der Waals surface area contributed by atoms with Crippen LogP contribution < -0.4 is 10.6 Å². The Labute approximate surface area is 118 Å². The molecule has 0 bridgehead atoms. The summed E-state index contributed by atoms with van der Waals surface area (Å²) in [7, 11) is 0. The predicted octanol–water partition coefficient (Wildman–Crippen LogP) is 2.17. The summed E-state index contributed by atoms with van der Waals surface area (Å²) in [4.78, 5) is 12.2. The molecule has 0 spiro atoms. The van der Waals surface area contributed by atoms with Gasteiger partial charge in [0.2, 0.25) is 0 Å². The maximum atomic E-state index is 4.51. The molecule has 2 fully saturated rings. The highest BCUT2D eigenvalue weighted by molar-refractivity contribution is 5.91. The molecule has 3 heterocycles. The highest BCUT2D eigenvalue weighted by Gasteiger charge is 2.41. The topological polar surface area (TPSA) is 65.6 Å². The molecule has 0 aromatic carbocycles. The minimum atomic E-state index is 0.324. The number of hydrogen-bond donors (Lipinski definition) is 3. The molecule has 0 radical (unpaired) electrons. The van der Waals surface area contributed by atoms with E-state index in [1.807, 2.05) is 0 Å². The van der Waals surface area contributed by atoms with Crippen molar-refractivity contribution in [2.24, 2.45) is 0 Å². The average molecular weight is 271 g/mol. The second kappa shape index (κ2) is 4.45. The van der Waals surface area contributed by atoms with Crippen LogP contribution in [0.5, 0.6) is 0 Å². The largest absolute Gasteiger partial charge is 0.365 e. The van der Waals surface area contributed by atoms with Crippen LogP contribution in [0, 0.1) is 0 Å². The molecule has 2 aromatic rings. The van der Waals surface area contributed by atoms with Crippen LogP contribution in [0.3, 0.4) is 0 Å². The fraction of sp³-hybridized carbons (Fsp3) is 0.600. The standard InChI is InChI=1S/C15H21N5/c1-15(4-5-15)11-8-17-13-12(11)14(19-9-18-13)20-10-3-2-6-16-7-10/h8-10,16H,2-7H2,1H3,(H2,17,18,19,20)/t10-/m1/s1. The van der Waals surface area contributed by atoms with E-state index in [-0.39, 0.29) is 0 Å². The molecule has 1 aliphatic carbocycles. The Morgan fingerprint density at radius 2 is 2.25 bits per heavy atom. The van der Waals surface area contributed by atoms with Gasteiger partial charge in [0, 0.05) is 18.8 Å². The molecule has 5 heteroatoms. The minimum Gasteiger partial charge on any atom is -0.365 e. The van der Waals surface area contributed by atoms with Crippen LogP contribution in [-0.2, 0) is 5.41 Å². The fourth-order valence-electron chi connectivity index (χ4n) is 3.17. The molecule has 5 nitrogen and oxygen atoms in total. The van der Waals surface area contributed by atoms with Crippen molar-refractivity contribution in [1.29, 1.82) is 0 Å². The SMILES string of the molecule is CC1(c2c[nH]c3ncnc(N[C@@H]4CCCNC4)c23)CC1. The Morgan fingerprint density at radius 1 is 1.35 bits per heavy atom. The smallest absolute Gasteiger partial charge is 0.143 e. The average Bonchev–Trinajstić information content (AvgIpc) is 3.05. The van der Waals surface area contributed by atoms with E-state index in [0.717, 1.165) is 24.6 Å². The third-order valence-corrected chi connectivity index (χ3v) is 4.76. The summed E-state index contributed by atoms with van der Waals surface area (Å²) in [5.74, 6) is 0.994. The zero-order chi connectivity index (χ0) is 13.6. The third-order valence-electron chi connectivity index (χ3n) is 4.76. The Morgan fingerprint density at radius 3 is 3.00 bits per heavy atom. The van der Waals surface area contributed by atoms with E-state index >= 15 is 0 Å². The molecule has 20 heavy (non-hydrogen) atoms. The van der Waals surface area contributed by atoms with E-state index in [1.54, 1.807) is 6.33 Å². The van der Waals surface area contributed by atoms with Gasteiger partial charge in [0.15, 0.2) is 0 Å². The van der Waals surface area contributed by atoms with Gasteiger partial charge in [-0.3, -0.25) is 0 Å².